The highest BCUT2D eigenvalue weighted by Crippen LogP contribution is 2.20. The molecule has 0 fully saturated rings. The first-order chi connectivity index (χ1) is 9.18. The van der Waals surface area contributed by atoms with E-state index in [1.807, 2.05) is 30.3 Å². The van der Waals surface area contributed by atoms with Crippen LogP contribution < -0.4 is 11.1 Å². The Hall–Kier alpha value is -2.27. The third-order valence-corrected chi connectivity index (χ3v) is 2.96. The molecule has 0 aliphatic carbocycles. The van der Waals surface area contributed by atoms with Gasteiger partial charge in [0.25, 0.3) is 0 Å². The summed E-state index contributed by atoms with van der Waals surface area (Å²) in [6.45, 7) is 1.80. The number of aromatic nitrogens is 2. The second-order valence-corrected chi connectivity index (χ2v) is 4.34. The lowest BCUT2D eigenvalue weighted by Gasteiger charge is -2.19. The summed E-state index contributed by atoms with van der Waals surface area (Å²) in [7, 11) is 0. The third kappa shape index (κ3) is 3.35. The molecule has 2 aromatic rings. The van der Waals surface area contributed by atoms with Crippen LogP contribution in [0.1, 0.15) is 18.5 Å². The van der Waals surface area contributed by atoms with Crippen molar-refractivity contribution in [3.8, 4) is 0 Å². The fraction of sp³-hybridized carbons (Fsp3) is 0.214. The molecule has 98 valence electrons. The van der Waals surface area contributed by atoms with E-state index < -0.39 is 0 Å². The Morgan fingerprint density at radius 3 is 2.47 bits per heavy atom. The molecule has 1 heterocycles. The molecule has 2 unspecified atom stereocenters. The Morgan fingerprint density at radius 2 is 1.84 bits per heavy atom. The van der Waals surface area contributed by atoms with Gasteiger partial charge in [0.2, 0.25) is 5.91 Å². The normalized spacial score (nSPS) is 13.6. The SMILES string of the molecule is CC(C(=O)Nc1cncnc1)C(N)c1ccccc1. The average molecular weight is 256 g/mol. The van der Waals surface area contributed by atoms with Crippen molar-refractivity contribution in [3.05, 3.63) is 54.6 Å². The van der Waals surface area contributed by atoms with Crippen LogP contribution in [0.25, 0.3) is 0 Å². The third-order valence-electron chi connectivity index (χ3n) is 2.96. The minimum Gasteiger partial charge on any atom is -0.323 e. The van der Waals surface area contributed by atoms with Gasteiger partial charge in [0.1, 0.15) is 6.33 Å². The minimum atomic E-state index is -0.345. The van der Waals surface area contributed by atoms with Gasteiger partial charge in [-0.2, -0.15) is 0 Å². The van der Waals surface area contributed by atoms with Crippen molar-refractivity contribution in [2.75, 3.05) is 5.32 Å². The molecule has 3 N–H and O–H groups in total. The van der Waals surface area contributed by atoms with E-state index in [2.05, 4.69) is 15.3 Å². The highest BCUT2D eigenvalue weighted by molar-refractivity contribution is 5.92. The second-order valence-electron chi connectivity index (χ2n) is 4.34. The lowest BCUT2D eigenvalue weighted by molar-refractivity contribution is -0.120. The maximum Gasteiger partial charge on any atom is 0.229 e. The number of rotatable bonds is 4. The quantitative estimate of drug-likeness (QED) is 0.873. The van der Waals surface area contributed by atoms with Gasteiger partial charge in [-0.1, -0.05) is 37.3 Å². The van der Waals surface area contributed by atoms with Crippen molar-refractivity contribution in [3.63, 3.8) is 0 Å². The number of benzene rings is 1. The Bertz CT molecular complexity index is 530. The van der Waals surface area contributed by atoms with Gasteiger partial charge in [0.05, 0.1) is 24.0 Å². The fourth-order valence-corrected chi connectivity index (χ4v) is 1.75. The van der Waals surface area contributed by atoms with Crippen LogP contribution in [0.15, 0.2) is 49.1 Å². The number of nitrogens with two attached hydrogens (primary N) is 1. The summed E-state index contributed by atoms with van der Waals surface area (Å²) in [5, 5.41) is 2.75. The number of hydrogen-bond donors (Lipinski definition) is 2. The Labute approximate surface area is 111 Å². The van der Waals surface area contributed by atoms with E-state index in [9.17, 15) is 4.79 Å². The molecule has 0 aliphatic rings. The van der Waals surface area contributed by atoms with E-state index in [1.165, 1.54) is 6.33 Å². The van der Waals surface area contributed by atoms with Gasteiger partial charge < -0.3 is 11.1 Å². The number of nitrogens with zero attached hydrogens (tertiary/aromatic N) is 2. The van der Waals surface area contributed by atoms with E-state index in [0.717, 1.165) is 5.56 Å². The molecule has 5 nitrogen and oxygen atoms in total. The number of anilines is 1. The number of nitrogens with one attached hydrogen (secondary N) is 1. The summed E-state index contributed by atoms with van der Waals surface area (Å²) in [6, 6.07) is 9.23. The van der Waals surface area contributed by atoms with Crippen LogP contribution >= 0.6 is 0 Å². The zero-order valence-electron chi connectivity index (χ0n) is 10.7. The highest BCUT2D eigenvalue weighted by Gasteiger charge is 2.22. The van der Waals surface area contributed by atoms with Gasteiger partial charge in [0, 0.05) is 6.04 Å². The van der Waals surface area contributed by atoms with Crippen LogP contribution in [0.2, 0.25) is 0 Å². The monoisotopic (exact) mass is 256 g/mol. The number of carbonyl (C=O) groups excluding carboxylic acids is 1. The predicted molar refractivity (Wildman–Crippen MR) is 73.2 cm³/mol. The summed E-state index contributed by atoms with van der Waals surface area (Å²) in [5.74, 6) is -0.492. The van der Waals surface area contributed by atoms with Crippen molar-refractivity contribution in [2.45, 2.75) is 13.0 Å². The standard InChI is InChI=1S/C14H16N4O/c1-10(13(15)11-5-3-2-4-6-11)14(19)18-12-7-16-9-17-8-12/h2-10,13H,15H2,1H3,(H,18,19). The summed E-state index contributed by atoms with van der Waals surface area (Å²) in [5.41, 5.74) is 7.61. The van der Waals surface area contributed by atoms with Crippen LogP contribution in [-0.2, 0) is 4.79 Å². The van der Waals surface area contributed by atoms with Crippen LogP contribution in [0, 0.1) is 5.92 Å². The number of hydrogen-bond acceptors (Lipinski definition) is 4. The molecule has 0 spiro atoms. The minimum absolute atomic E-state index is 0.147. The van der Waals surface area contributed by atoms with Crippen LogP contribution in [-0.4, -0.2) is 15.9 Å². The molecule has 0 aliphatic heterocycles. The molecule has 0 bridgehead atoms. The average Bonchev–Trinajstić information content (AvgIpc) is 2.47. The molecule has 19 heavy (non-hydrogen) atoms. The lowest BCUT2D eigenvalue weighted by Crippen LogP contribution is -2.30. The molecule has 0 radical (unpaired) electrons. The topological polar surface area (TPSA) is 80.9 Å². The zero-order chi connectivity index (χ0) is 13.7. The Morgan fingerprint density at radius 1 is 1.21 bits per heavy atom. The molecule has 1 aromatic carbocycles. The first kappa shape index (κ1) is 13.2. The first-order valence-corrected chi connectivity index (χ1v) is 6.05. The Balaban J connectivity index is 2.03. The van der Waals surface area contributed by atoms with Crippen molar-refractivity contribution < 1.29 is 4.79 Å². The molecule has 1 aromatic heterocycles. The number of amides is 1. The molecule has 0 saturated heterocycles. The van der Waals surface area contributed by atoms with E-state index in [4.69, 9.17) is 5.73 Å². The summed E-state index contributed by atoms with van der Waals surface area (Å²) < 4.78 is 0. The highest BCUT2D eigenvalue weighted by atomic mass is 16.1. The molecule has 2 atom stereocenters. The summed E-state index contributed by atoms with van der Waals surface area (Å²) >= 11 is 0. The van der Waals surface area contributed by atoms with Gasteiger partial charge in [-0.05, 0) is 5.56 Å². The van der Waals surface area contributed by atoms with E-state index >= 15 is 0 Å². The van der Waals surface area contributed by atoms with Crippen LogP contribution in [0.4, 0.5) is 5.69 Å². The van der Waals surface area contributed by atoms with Crippen LogP contribution in [0.3, 0.4) is 0 Å². The van der Waals surface area contributed by atoms with Gasteiger partial charge in [-0.3, -0.25) is 4.79 Å². The maximum absolute atomic E-state index is 12.1. The van der Waals surface area contributed by atoms with Crippen molar-refractivity contribution in [1.82, 2.24) is 9.97 Å². The van der Waals surface area contributed by atoms with Gasteiger partial charge in [0.15, 0.2) is 0 Å². The van der Waals surface area contributed by atoms with Gasteiger partial charge in [-0.15, -0.1) is 0 Å². The summed E-state index contributed by atoms with van der Waals surface area (Å²) in [4.78, 5) is 19.8. The predicted octanol–water partition coefficient (Wildman–Crippen LogP) is 1.75. The summed E-state index contributed by atoms with van der Waals surface area (Å²) in [6.07, 6.45) is 4.51. The maximum atomic E-state index is 12.1. The largest absolute Gasteiger partial charge is 0.323 e. The lowest BCUT2D eigenvalue weighted by atomic mass is 9.94. The molecule has 2 rings (SSSR count). The van der Waals surface area contributed by atoms with E-state index in [0.29, 0.717) is 5.69 Å². The van der Waals surface area contributed by atoms with E-state index in [1.54, 1.807) is 19.3 Å². The van der Waals surface area contributed by atoms with Gasteiger partial charge >= 0.3 is 0 Å². The smallest absolute Gasteiger partial charge is 0.229 e. The zero-order valence-corrected chi connectivity index (χ0v) is 10.7. The van der Waals surface area contributed by atoms with E-state index in [-0.39, 0.29) is 17.9 Å². The first-order valence-electron chi connectivity index (χ1n) is 6.05. The molecular formula is C14H16N4O. The fourth-order valence-electron chi connectivity index (χ4n) is 1.75. The van der Waals surface area contributed by atoms with Gasteiger partial charge in [-0.25, -0.2) is 9.97 Å². The molecule has 0 saturated carbocycles. The second kappa shape index (κ2) is 6.06. The molecule has 1 amide bonds. The molecular weight excluding hydrogens is 240 g/mol. The number of carbonyl (C=O) groups is 1. The van der Waals surface area contributed by atoms with Crippen molar-refractivity contribution >= 4 is 11.6 Å². The van der Waals surface area contributed by atoms with Crippen LogP contribution in [0.5, 0.6) is 0 Å². The molecule has 5 heteroatoms. The van der Waals surface area contributed by atoms with Crippen molar-refractivity contribution in [2.24, 2.45) is 11.7 Å². The van der Waals surface area contributed by atoms with Crippen molar-refractivity contribution in [1.29, 1.82) is 0 Å². The Kier molecular flexibility index (Phi) is 4.20.